The lowest BCUT2D eigenvalue weighted by atomic mass is 9.98. The molecule has 4 heteroatoms. The predicted octanol–water partition coefficient (Wildman–Crippen LogP) is -0.565. The Kier molecular flexibility index (Phi) is 3.69. The third kappa shape index (κ3) is 3.32. The molecule has 0 bridgehead atoms. The number of piperidine rings is 1. The number of carbonyl (C=O) groups excluding carboxylic acids is 1. The van der Waals surface area contributed by atoms with Gasteiger partial charge in [0.25, 0.3) is 0 Å². The topological polar surface area (TPSA) is 52.6 Å². The Hall–Kier alpha value is -0.610. The zero-order chi connectivity index (χ0) is 9.84. The second-order valence-corrected chi connectivity index (χ2v) is 3.86. The Morgan fingerprint density at radius 3 is 2.85 bits per heavy atom. The van der Waals surface area contributed by atoms with Gasteiger partial charge in [-0.05, 0) is 12.3 Å². The monoisotopic (exact) mass is 186 g/mol. The van der Waals surface area contributed by atoms with Crippen molar-refractivity contribution in [3.8, 4) is 0 Å². The third-order valence-corrected chi connectivity index (χ3v) is 2.36. The third-order valence-electron chi connectivity index (χ3n) is 2.36. The molecule has 1 aliphatic heterocycles. The Morgan fingerprint density at radius 1 is 1.62 bits per heavy atom. The van der Waals surface area contributed by atoms with Crippen molar-refractivity contribution < 1.29 is 9.90 Å². The van der Waals surface area contributed by atoms with Gasteiger partial charge in [0.1, 0.15) is 0 Å². The summed E-state index contributed by atoms with van der Waals surface area (Å²) in [6.45, 7) is 4.03. The van der Waals surface area contributed by atoms with Crippen LogP contribution in [-0.2, 0) is 4.79 Å². The van der Waals surface area contributed by atoms with Crippen LogP contribution in [-0.4, -0.2) is 48.7 Å². The van der Waals surface area contributed by atoms with Gasteiger partial charge < -0.3 is 10.4 Å². The van der Waals surface area contributed by atoms with Crippen molar-refractivity contribution in [2.75, 3.05) is 26.7 Å². The van der Waals surface area contributed by atoms with Crippen molar-refractivity contribution >= 4 is 5.91 Å². The zero-order valence-corrected chi connectivity index (χ0v) is 8.29. The Bertz CT molecular complexity index is 174. The summed E-state index contributed by atoms with van der Waals surface area (Å²) in [6.07, 6.45) is 0.581. The lowest BCUT2D eigenvalue weighted by molar-refractivity contribution is -0.122. The minimum absolute atomic E-state index is 0.0151. The zero-order valence-electron chi connectivity index (χ0n) is 8.29. The maximum Gasteiger partial charge on any atom is 0.233 e. The summed E-state index contributed by atoms with van der Waals surface area (Å²) in [7, 11) is 1.63. The van der Waals surface area contributed by atoms with Crippen LogP contribution >= 0.6 is 0 Å². The SMILES string of the molecule is CNC(=O)CN1C[C@@H](C)C[C@@H](O)C1. The molecule has 1 amide bonds. The van der Waals surface area contributed by atoms with Gasteiger partial charge >= 0.3 is 0 Å². The van der Waals surface area contributed by atoms with E-state index in [1.165, 1.54) is 0 Å². The first kappa shape index (κ1) is 10.5. The normalized spacial score (nSPS) is 30.1. The van der Waals surface area contributed by atoms with E-state index in [0.717, 1.165) is 13.0 Å². The van der Waals surface area contributed by atoms with Crippen LogP contribution in [0.1, 0.15) is 13.3 Å². The van der Waals surface area contributed by atoms with E-state index in [1.54, 1.807) is 7.05 Å². The van der Waals surface area contributed by atoms with Gasteiger partial charge in [-0.3, -0.25) is 9.69 Å². The fraction of sp³-hybridized carbons (Fsp3) is 0.889. The van der Waals surface area contributed by atoms with Gasteiger partial charge in [-0.1, -0.05) is 6.92 Å². The molecule has 4 nitrogen and oxygen atoms in total. The van der Waals surface area contributed by atoms with Crippen LogP contribution in [0, 0.1) is 5.92 Å². The molecule has 0 aromatic rings. The second kappa shape index (κ2) is 4.58. The van der Waals surface area contributed by atoms with Crippen molar-refractivity contribution in [1.29, 1.82) is 0 Å². The van der Waals surface area contributed by atoms with E-state index in [4.69, 9.17) is 0 Å². The second-order valence-electron chi connectivity index (χ2n) is 3.86. The van der Waals surface area contributed by atoms with Gasteiger partial charge in [0.15, 0.2) is 0 Å². The Morgan fingerprint density at radius 2 is 2.31 bits per heavy atom. The van der Waals surface area contributed by atoms with Crippen molar-refractivity contribution in [2.24, 2.45) is 5.92 Å². The lowest BCUT2D eigenvalue weighted by Gasteiger charge is -2.33. The van der Waals surface area contributed by atoms with E-state index in [1.807, 2.05) is 4.90 Å². The summed E-state index contributed by atoms with van der Waals surface area (Å²) in [5.41, 5.74) is 0. The molecule has 1 aliphatic rings. The average Bonchev–Trinajstić information content (AvgIpc) is 2.02. The molecule has 0 aromatic carbocycles. The Labute approximate surface area is 78.9 Å². The lowest BCUT2D eigenvalue weighted by Crippen LogP contribution is -2.46. The highest BCUT2D eigenvalue weighted by Gasteiger charge is 2.23. The maximum absolute atomic E-state index is 11.1. The first-order valence-electron chi connectivity index (χ1n) is 4.72. The molecule has 0 saturated carbocycles. The molecular weight excluding hydrogens is 168 g/mol. The van der Waals surface area contributed by atoms with Crippen LogP contribution in [0.5, 0.6) is 0 Å². The first-order valence-corrected chi connectivity index (χ1v) is 4.72. The van der Waals surface area contributed by atoms with E-state index in [0.29, 0.717) is 19.0 Å². The van der Waals surface area contributed by atoms with Crippen molar-refractivity contribution in [3.05, 3.63) is 0 Å². The van der Waals surface area contributed by atoms with E-state index >= 15 is 0 Å². The van der Waals surface area contributed by atoms with E-state index in [9.17, 15) is 9.90 Å². The molecule has 0 spiro atoms. The smallest absolute Gasteiger partial charge is 0.233 e. The molecule has 1 rings (SSSR count). The molecule has 2 N–H and O–H groups in total. The number of aliphatic hydroxyl groups is 1. The molecule has 0 radical (unpaired) electrons. The van der Waals surface area contributed by atoms with Crippen LogP contribution in [0.25, 0.3) is 0 Å². The molecule has 13 heavy (non-hydrogen) atoms. The van der Waals surface area contributed by atoms with Crippen molar-refractivity contribution in [1.82, 2.24) is 10.2 Å². The van der Waals surface area contributed by atoms with Gasteiger partial charge in [-0.25, -0.2) is 0 Å². The number of aliphatic hydroxyl groups excluding tert-OH is 1. The molecule has 0 aliphatic carbocycles. The number of nitrogens with zero attached hydrogens (tertiary/aromatic N) is 1. The maximum atomic E-state index is 11.1. The van der Waals surface area contributed by atoms with Crippen LogP contribution in [0.15, 0.2) is 0 Å². The summed E-state index contributed by atoms with van der Waals surface area (Å²) >= 11 is 0. The molecule has 76 valence electrons. The largest absolute Gasteiger partial charge is 0.392 e. The highest BCUT2D eigenvalue weighted by molar-refractivity contribution is 5.77. The standard InChI is InChI=1S/C9H18N2O2/c1-7-3-8(12)5-11(4-7)6-9(13)10-2/h7-8,12H,3-6H2,1-2H3,(H,10,13)/t7-,8+/m0/s1. The summed E-state index contributed by atoms with van der Waals surface area (Å²) in [6, 6.07) is 0. The summed E-state index contributed by atoms with van der Waals surface area (Å²) in [5, 5.41) is 12.0. The number of hydrogen-bond donors (Lipinski definition) is 2. The molecular formula is C9H18N2O2. The molecule has 1 fully saturated rings. The summed E-state index contributed by atoms with van der Waals surface area (Å²) in [4.78, 5) is 13.1. The minimum Gasteiger partial charge on any atom is -0.392 e. The van der Waals surface area contributed by atoms with Crippen LogP contribution < -0.4 is 5.32 Å². The number of nitrogens with one attached hydrogen (secondary N) is 1. The average molecular weight is 186 g/mol. The van der Waals surface area contributed by atoms with Crippen LogP contribution in [0.2, 0.25) is 0 Å². The molecule has 0 unspecified atom stereocenters. The number of rotatable bonds is 2. The predicted molar refractivity (Wildman–Crippen MR) is 50.3 cm³/mol. The van der Waals surface area contributed by atoms with Crippen LogP contribution in [0.4, 0.5) is 0 Å². The van der Waals surface area contributed by atoms with Crippen molar-refractivity contribution in [2.45, 2.75) is 19.4 Å². The highest BCUT2D eigenvalue weighted by Crippen LogP contribution is 2.15. The fourth-order valence-corrected chi connectivity index (χ4v) is 1.84. The number of likely N-dealkylation sites (tertiary alicyclic amines) is 1. The number of amides is 1. The number of hydrogen-bond acceptors (Lipinski definition) is 3. The van der Waals surface area contributed by atoms with Gasteiger partial charge in [-0.2, -0.15) is 0 Å². The fourth-order valence-electron chi connectivity index (χ4n) is 1.84. The number of carbonyl (C=O) groups is 1. The molecule has 1 heterocycles. The molecule has 0 aromatic heterocycles. The van der Waals surface area contributed by atoms with Gasteiger partial charge in [0.2, 0.25) is 5.91 Å². The summed E-state index contributed by atoms with van der Waals surface area (Å²) in [5.74, 6) is 0.495. The number of β-amino-alcohol motifs (C(OH)–C–C–N with tert-alkyl or cyclic N) is 1. The van der Waals surface area contributed by atoms with Crippen LogP contribution in [0.3, 0.4) is 0 Å². The van der Waals surface area contributed by atoms with Gasteiger partial charge in [0, 0.05) is 20.1 Å². The summed E-state index contributed by atoms with van der Waals surface area (Å²) < 4.78 is 0. The Balaban J connectivity index is 2.37. The highest BCUT2D eigenvalue weighted by atomic mass is 16.3. The quantitative estimate of drug-likeness (QED) is 0.607. The van der Waals surface area contributed by atoms with E-state index in [2.05, 4.69) is 12.2 Å². The van der Waals surface area contributed by atoms with Gasteiger partial charge in [0.05, 0.1) is 12.6 Å². The minimum atomic E-state index is -0.270. The first-order chi connectivity index (χ1) is 6.11. The molecule has 1 saturated heterocycles. The molecule has 2 atom stereocenters. The number of likely N-dealkylation sites (N-methyl/N-ethyl adjacent to an activating group) is 1. The van der Waals surface area contributed by atoms with Crippen molar-refractivity contribution in [3.63, 3.8) is 0 Å². The van der Waals surface area contributed by atoms with Gasteiger partial charge in [-0.15, -0.1) is 0 Å². The van der Waals surface area contributed by atoms with E-state index < -0.39 is 0 Å². The van der Waals surface area contributed by atoms with E-state index in [-0.39, 0.29) is 12.0 Å².